The lowest BCUT2D eigenvalue weighted by Crippen LogP contribution is -2.08. The Morgan fingerprint density at radius 1 is 1.10 bits per heavy atom. The van der Waals surface area contributed by atoms with E-state index in [0.717, 1.165) is 6.07 Å². The number of benzene rings is 1. The second kappa shape index (κ2) is 5.62. The Bertz CT molecular complexity index is 601. The van der Waals surface area contributed by atoms with Crippen molar-refractivity contribution in [2.75, 3.05) is 0 Å². The molecule has 2 rings (SSSR count). The molecule has 0 atom stereocenters. The zero-order valence-corrected chi connectivity index (χ0v) is 10.5. The summed E-state index contributed by atoms with van der Waals surface area (Å²) in [6.07, 6.45) is -4.79. The number of rotatable bonds is 3. The Hall–Kier alpha value is -1.89. The van der Waals surface area contributed by atoms with E-state index in [2.05, 4.69) is 10.2 Å². The van der Waals surface area contributed by atoms with Crippen molar-refractivity contribution >= 4 is 11.6 Å². The Labute approximate surface area is 116 Å². The average Bonchev–Trinajstić information content (AvgIpc) is 2.40. The SMILES string of the molecule is Fc1ccc(Oc2ccc(CCl)nn2)cc1C(F)(F)F. The number of alkyl halides is 4. The molecule has 0 saturated carbocycles. The molecule has 1 aromatic carbocycles. The second-order valence-corrected chi connectivity index (χ2v) is 4.01. The average molecular weight is 307 g/mol. The van der Waals surface area contributed by atoms with E-state index in [9.17, 15) is 17.6 Å². The van der Waals surface area contributed by atoms with Crippen LogP contribution in [-0.4, -0.2) is 10.2 Å². The van der Waals surface area contributed by atoms with Crippen molar-refractivity contribution in [2.45, 2.75) is 12.1 Å². The smallest absolute Gasteiger partial charge is 0.419 e. The molecule has 106 valence electrons. The van der Waals surface area contributed by atoms with Crippen molar-refractivity contribution in [1.29, 1.82) is 0 Å². The van der Waals surface area contributed by atoms with Gasteiger partial charge in [-0.15, -0.1) is 16.7 Å². The van der Waals surface area contributed by atoms with Crippen molar-refractivity contribution in [1.82, 2.24) is 10.2 Å². The molecule has 0 N–H and O–H groups in total. The lowest BCUT2D eigenvalue weighted by atomic mass is 10.2. The third-order valence-corrected chi connectivity index (χ3v) is 2.57. The summed E-state index contributed by atoms with van der Waals surface area (Å²) >= 11 is 5.52. The van der Waals surface area contributed by atoms with Gasteiger partial charge in [0.25, 0.3) is 0 Å². The molecule has 0 amide bonds. The molecular weight excluding hydrogens is 300 g/mol. The fourth-order valence-corrected chi connectivity index (χ4v) is 1.52. The van der Waals surface area contributed by atoms with Gasteiger partial charge in [-0.25, -0.2) is 4.39 Å². The Morgan fingerprint density at radius 3 is 2.40 bits per heavy atom. The van der Waals surface area contributed by atoms with Gasteiger partial charge in [-0.3, -0.25) is 0 Å². The van der Waals surface area contributed by atoms with E-state index >= 15 is 0 Å². The predicted octanol–water partition coefficient (Wildman–Crippen LogP) is 4.17. The van der Waals surface area contributed by atoms with Crippen LogP contribution in [0.15, 0.2) is 30.3 Å². The highest BCUT2D eigenvalue weighted by molar-refractivity contribution is 6.16. The molecule has 2 aromatic rings. The zero-order chi connectivity index (χ0) is 14.8. The molecular formula is C12H7ClF4N2O. The van der Waals surface area contributed by atoms with Crippen LogP contribution >= 0.6 is 11.6 Å². The molecule has 0 spiro atoms. The van der Waals surface area contributed by atoms with Crippen molar-refractivity contribution in [3.8, 4) is 11.6 Å². The van der Waals surface area contributed by atoms with Gasteiger partial charge in [0.05, 0.1) is 17.1 Å². The quantitative estimate of drug-likeness (QED) is 0.631. The minimum absolute atomic E-state index is 0.0152. The maximum absolute atomic E-state index is 13.1. The summed E-state index contributed by atoms with van der Waals surface area (Å²) in [6.45, 7) is 0. The van der Waals surface area contributed by atoms with Crippen LogP contribution in [0.3, 0.4) is 0 Å². The van der Waals surface area contributed by atoms with E-state index in [-0.39, 0.29) is 17.5 Å². The molecule has 0 unspecified atom stereocenters. The van der Waals surface area contributed by atoms with Gasteiger partial charge in [0, 0.05) is 6.07 Å². The lowest BCUT2D eigenvalue weighted by molar-refractivity contribution is -0.140. The molecule has 20 heavy (non-hydrogen) atoms. The van der Waals surface area contributed by atoms with Gasteiger partial charge in [0.15, 0.2) is 0 Å². The molecule has 0 aliphatic carbocycles. The van der Waals surface area contributed by atoms with Crippen LogP contribution in [0, 0.1) is 5.82 Å². The fraction of sp³-hybridized carbons (Fsp3) is 0.167. The van der Waals surface area contributed by atoms with Gasteiger partial charge in [-0.05, 0) is 24.3 Å². The summed E-state index contributed by atoms with van der Waals surface area (Å²) in [5.74, 6) is -1.42. The van der Waals surface area contributed by atoms with E-state index in [4.69, 9.17) is 16.3 Å². The largest absolute Gasteiger partial charge is 0.438 e. The second-order valence-electron chi connectivity index (χ2n) is 3.74. The summed E-state index contributed by atoms with van der Waals surface area (Å²) < 4.78 is 55.8. The number of nitrogens with zero attached hydrogens (tertiary/aromatic N) is 2. The van der Waals surface area contributed by atoms with Crippen LogP contribution in [0.2, 0.25) is 0 Å². The first kappa shape index (κ1) is 14.5. The van der Waals surface area contributed by atoms with E-state index in [1.54, 1.807) is 0 Å². The maximum atomic E-state index is 13.1. The Balaban J connectivity index is 2.25. The Morgan fingerprint density at radius 2 is 1.85 bits per heavy atom. The third-order valence-electron chi connectivity index (χ3n) is 2.30. The summed E-state index contributed by atoms with van der Waals surface area (Å²) in [5, 5.41) is 7.31. The number of halogens is 5. The molecule has 1 aromatic heterocycles. The van der Waals surface area contributed by atoms with Crippen molar-refractivity contribution in [2.24, 2.45) is 0 Å². The molecule has 8 heteroatoms. The minimum atomic E-state index is -4.79. The van der Waals surface area contributed by atoms with E-state index in [0.29, 0.717) is 17.8 Å². The molecule has 0 saturated heterocycles. The van der Waals surface area contributed by atoms with Crippen LogP contribution in [0.25, 0.3) is 0 Å². The molecule has 0 bridgehead atoms. The van der Waals surface area contributed by atoms with Crippen LogP contribution in [-0.2, 0) is 12.1 Å². The molecule has 0 radical (unpaired) electrons. The monoisotopic (exact) mass is 306 g/mol. The number of hydrogen-bond acceptors (Lipinski definition) is 3. The third kappa shape index (κ3) is 3.36. The molecule has 3 nitrogen and oxygen atoms in total. The van der Waals surface area contributed by atoms with Gasteiger partial charge in [0.1, 0.15) is 11.6 Å². The highest BCUT2D eigenvalue weighted by Gasteiger charge is 2.34. The standard InChI is InChI=1S/C12H7ClF4N2O/c13-6-7-1-4-11(19-18-7)20-8-2-3-10(14)9(5-8)12(15,16)17/h1-5H,6H2. The highest BCUT2D eigenvalue weighted by Crippen LogP contribution is 2.34. The minimum Gasteiger partial charge on any atom is -0.438 e. The van der Waals surface area contributed by atoms with E-state index in [1.165, 1.54) is 12.1 Å². The molecule has 0 aliphatic heterocycles. The van der Waals surface area contributed by atoms with Gasteiger partial charge in [-0.2, -0.15) is 18.3 Å². The summed E-state index contributed by atoms with van der Waals surface area (Å²) in [4.78, 5) is 0. The molecule has 1 heterocycles. The van der Waals surface area contributed by atoms with Gasteiger partial charge < -0.3 is 4.74 Å². The first-order valence-corrected chi connectivity index (χ1v) is 5.87. The zero-order valence-electron chi connectivity index (χ0n) is 9.79. The van der Waals surface area contributed by atoms with Crippen LogP contribution in [0.1, 0.15) is 11.3 Å². The van der Waals surface area contributed by atoms with Crippen LogP contribution < -0.4 is 4.74 Å². The van der Waals surface area contributed by atoms with Gasteiger partial charge in [0.2, 0.25) is 5.88 Å². The first-order valence-electron chi connectivity index (χ1n) is 5.33. The fourth-order valence-electron chi connectivity index (χ4n) is 1.38. The van der Waals surface area contributed by atoms with Crippen molar-refractivity contribution in [3.05, 3.63) is 47.4 Å². The summed E-state index contributed by atoms with van der Waals surface area (Å²) in [5.41, 5.74) is -0.908. The number of ether oxygens (including phenoxy) is 1. The van der Waals surface area contributed by atoms with Crippen molar-refractivity contribution in [3.63, 3.8) is 0 Å². The van der Waals surface area contributed by atoms with E-state index < -0.39 is 17.6 Å². The summed E-state index contributed by atoms with van der Waals surface area (Å²) in [7, 11) is 0. The number of aromatic nitrogens is 2. The predicted molar refractivity (Wildman–Crippen MR) is 63.1 cm³/mol. The molecule has 0 fully saturated rings. The van der Waals surface area contributed by atoms with E-state index in [1.807, 2.05) is 0 Å². The molecule has 0 aliphatic rings. The van der Waals surface area contributed by atoms with Gasteiger partial charge in [-0.1, -0.05) is 0 Å². The number of hydrogen-bond donors (Lipinski definition) is 0. The maximum Gasteiger partial charge on any atom is 0.419 e. The normalized spacial score (nSPS) is 11.4. The Kier molecular flexibility index (Phi) is 4.08. The van der Waals surface area contributed by atoms with Crippen LogP contribution in [0.4, 0.5) is 17.6 Å². The lowest BCUT2D eigenvalue weighted by Gasteiger charge is -2.10. The van der Waals surface area contributed by atoms with Crippen molar-refractivity contribution < 1.29 is 22.3 Å². The van der Waals surface area contributed by atoms with Crippen LogP contribution in [0.5, 0.6) is 11.6 Å². The summed E-state index contributed by atoms with van der Waals surface area (Å²) in [6, 6.07) is 5.23. The highest BCUT2D eigenvalue weighted by atomic mass is 35.5. The first-order chi connectivity index (χ1) is 9.40. The topological polar surface area (TPSA) is 35.0 Å². The van der Waals surface area contributed by atoms with Gasteiger partial charge >= 0.3 is 6.18 Å².